The minimum absolute atomic E-state index is 0.542. The number of hydrogen-bond acceptors (Lipinski definition) is 4. The van der Waals surface area contributed by atoms with E-state index in [0.29, 0.717) is 6.54 Å². The van der Waals surface area contributed by atoms with E-state index in [9.17, 15) is 0 Å². The van der Waals surface area contributed by atoms with Crippen molar-refractivity contribution in [1.82, 2.24) is 14.8 Å². The van der Waals surface area contributed by atoms with Crippen molar-refractivity contribution in [2.75, 3.05) is 0 Å². The first-order valence-corrected chi connectivity index (χ1v) is 5.84. The van der Waals surface area contributed by atoms with Gasteiger partial charge in [0.2, 0.25) is 0 Å². The van der Waals surface area contributed by atoms with E-state index in [1.165, 1.54) is 5.56 Å². The molecule has 2 aromatic rings. The second-order valence-electron chi connectivity index (χ2n) is 3.58. The van der Waals surface area contributed by atoms with Crippen LogP contribution in [0.3, 0.4) is 0 Å². The molecule has 16 heavy (non-hydrogen) atoms. The van der Waals surface area contributed by atoms with E-state index in [1.54, 1.807) is 22.8 Å². The van der Waals surface area contributed by atoms with Crippen LogP contribution in [0.25, 0.3) is 0 Å². The molecular formula is C11H14N4S. The first kappa shape index (κ1) is 11.2. The van der Waals surface area contributed by atoms with Crippen molar-refractivity contribution in [3.8, 4) is 0 Å². The van der Waals surface area contributed by atoms with Crippen LogP contribution in [0.4, 0.5) is 0 Å². The van der Waals surface area contributed by atoms with Crippen LogP contribution in [0.2, 0.25) is 0 Å². The summed E-state index contributed by atoms with van der Waals surface area (Å²) in [6.07, 6.45) is 1.56. The molecule has 0 saturated carbocycles. The third-order valence-corrected chi connectivity index (χ3v) is 3.47. The van der Waals surface area contributed by atoms with Crippen molar-refractivity contribution in [2.24, 2.45) is 12.8 Å². The maximum Gasteiger partial charge on any atom is 0.190 e. The zero-order chi connectivity index (χ0) is 11.5. The van der Waals surface area contributed by atoms with Gasteiger partial charge in [0, 0.05) is 18.5 Å². The van der Waals surface area contributed by atoms with E-state index in [-0.39, 0.29) is 0 Å². The summed E-state index contributed by atoms with van der Waals surface area (Å²) in [5, 5.41) is 4.92. The lowest BCUT2D eigenvalue weighted by Gasteiger charge is -2.07. The minimum atomic E-state index is 0.542. The molecule has 4 nitrogen and oxygen atoms in total. The highest BCUT2D eigenvalue weighted by atomic mass is 32.2. The fourth-order valence-electron chi connectivity index (χ4n) is 1.40. The average Bonchev–Trinajstić information content (AvgIpc) is 2.65. The molecule has 0 spiro atoms. The van der Waals surface area contributed by atoms with Crippen molar-refractivity contribution >= 4 is 11.8 Å². The van der Waals surface area contributed by atoms with Crippen LogP contribution in [0, 0.1) is 6.92 Å². The molecular weight excluding hydrogens is 220 g/mol. The van der Waals surface area contributed by atoms with E-state index < -0.39 is 0 Å². The Balaban J connectivity index is 2.33. The Hall–Kier alpha value is -1.33. The van der Waals surface area contributed by atoms with Crippen LogP contribution in [-0.4, -0.2) is 14.8 Å². The second-order valence-corrected chi connectivity index (χ2v) is 4.59. The van der Waals surface area contributed by atoms with Crippen LogP contribution in [0.5, 0.6) is 0 Å². The van der Waals surface area contributed by atoms with Gasteiger partial charge in [0.15, 0.2) is 5.16 Å². The molecule has 0 saturated heterocycles. The Bertz CT molecular complexity index is 492. The van der Waals surface area contributed by atoms with Crippen molar-refractivity contribution in [3.63, 3.8) is 0 Å². The van der Waals surface area contributed by atoms with Crippen LogP contribution < -0.4 is 5.73 Å². The van der Waals surface area contributed by atoms with Gasteiger partial charge in [0.05, 0.1) is 0 Å². The molecule has 0 fully saturated rings. The molecule has 0 radical (unpaired) electrons. The third kappa shape index (κ3) is 2.25. The van der Waals surface area contributed by atoms with Gasteiger partial charge in [-0.25, -0.2) is 9.67 Å². The Labute approximate surface area is 98.9 Å². The maximum atomic E-state index is 5.71. The lowest BCUT2D eigenvalue weighted by atomic mass is 10.1. The SMILES string of the molecule is Cc1ccc(CN)c(Sc2ncnn2C)c1. The standard InChI is InChI=1S/C11H14N4S/c1-8-3-4-9(6-12)10(5-8)16-11-13-7-14-15(11)2/h3-5,7H,6,12H2,1-2H3. The predicted octanol–water partition coefficient (Wildman–Crippen LogP) is 1.73. The number of aromatic nitrogens is 3. The quantitative estimate of drug-likeness (QED) is 0.878. The Morgan fingerprint density at radius 3 is 2.88 bits per heavy atom. The normalized spacial score (nSPS) is 10.7. The Morgan fingerprint density at radius 2 is 2.25 bits per heavy atom. The zero-order valence-electron chi connectivity index (χ0n) is 9.34. The number of nitrogens with two attached hydrogens (primary N) is 1. The molecule has 84 valence electrons. The van der Waals surface area contributed by atoms with Gasteiger partial charge >= 0.3 is 0 Å². The van der Waals surface area contributed by atoms with Crippen LogP contribution >= 0.6 is 11.8 Å². The lowest BCUT2D eigenvalue weighted by molar-refractivity contribution is 0.685. The summed E-state index contributed by atoms with van der Waals surface area (Å²) in [5.74, 6) is 0. The van der Waals surface area contributed by atoms with Crippen molar-refractivity contribution in [3.05, 3.63) is 35.7 Å². The smallest absolute Gasteiger partial charge is 0.190 e. The second kappa shape index (κ2) is 4.67. The molecule has 1 aromatic heterocycles. The number of aryl methyl sites for hydroxylation is 2. The number of hydrogen-bond donors (Lipinski definition) is 1. The van der Waals surface area contributed by atoms with Crippen LogP contribution in [0.15, 0.2) is 34.6 Å². The molecule has 0 aliphatic heterocycles. The largest absolute Gasteiger partial charge is 0.326 e. The van der Waals surface area contributed by atoms with Crippen molar-refractivity contribution < 1.29 is 0 Å². The molecule has 5 heteroatoms. The highest BCUT2D eigenvalue weighted by Crippen LogP contribution is 2.29. The molecule has 0 amide bonds. The fraction of sp³-hybridized carbons (Fsp3) is 0.273. The predicted molar refractivity (Wildman–Crippen MR) is 64.2 cm³/mol. The Morgan fingerprint density at radius 1 is 1.44 bits per heavy atom. The van der Waals surface area contributed by atoms with Crippen molar-refractivity contribution in [1.29, 1.82) is 0 Å². The summed E-state index contributed by atoms with van der Waals surface area (Å²) >= 11 is 1.60. The van der Waals surface area contributed by atoms with Gasteiger partial charge in [-0.2, -0.15) is 5.10 Å². The molecule has 2 rings (SSSR count). The van der Waals surface area contributed by atoms with Gasteiger partial charge in [-0.3, -0.25) is 0 Å². The molecule has 2 N–H and O–H groups in total. The van der Waals surface area contributed by atoms with Gasteiger partial charge in [-0.15, -0.1) is 0 Å². The minimum Gasteiger partial charge on any atom is -0.326 e. The first-order valence-electron chi connectivity index (χ1n) is 5.02. The molecule has 1 aromatic carbocycles. The van der Waals surface area contributed by atoms with E-state index in [2.05, 4.69) is 35.2 Å². The summed E-state index contributed by atoms with van der Waals surface area (Å²) in [6.45, 7) is 2.61. The Kier molecular flexibility index (Phi) is 3.26. The maximum absolute atomic E-state index is 5.71. The summed E-state index contributed by atoms with van der Waals surface area (Å²) in [4.78, 5) is 5.34. The lowest BCUT2D eigenvalue weighted by Crippen LogP contribution is -1.99. The molecule has 0 atom stereocenters. The highest BCUT2D eigenvalue weighted by molar-refractivity contribution is 7.99. The van der Waals surface area contributed by atoms with Crippen LogP contribution in [0.1, 0.15) is 11.1 Å². The van der Waals surface area contributed by atoms with E-state index in [1.807, 2.05) is 7.05 Å². The summed E-state index contributed by atoms with van der Waals surface area (Å²) in [6, 6.07) is 6.26. The summed E-state index contributed by atoms with van der Waals surface area (Å²) < 4.78 is 1.76. The molecule has 0 bridgehead atoms. The first-order chi connectivity index (χ1) is 7.70. The van der Waals surface area contributed by atoms with Crippen molar-refractivity contribution in [2.45, 2.75) is 23.5 Å². The van der Waals surface area contributed by atoms with Gasteiger partial charge in [-0.1, -0.05) is 12.1 Å². The zero-order valence-corrected chi connectivity index (χ0v) is 10.2. The summed E-state index contributed by atoms with van der Waals surface area (Å²) in [5.41, 5.74) is 8.07. The number of benzene rings is 1. The van der Waals surface area contributed by atoms with Gasteiger partial charge in [0.1, 0.15) is 6.33 Å². The average molecular weight is 234 g/mol. The van der Waals surface area contributed by atoms with E-state index in [4.69, 9.17) is 5.73 Å². The topological polar surface area (TPSA) is 56.7 Å². The number of nitrogens with zero attached hydrogens (tertiary/aromatic N) is 3. The third-order valence-electron chi connectivity index (χ3n) is 2.31. The fourth-order valence-corrected chi connectivity index (χ4v) is 2.40. The van der Waals surface area contributed by atoms with Gasteiger partial charge < -0.3 is 5.73 Å². The monoisotopic (exact) mass is 234 g/mol. The van der Waals surface area contributed by atoms with Gasteiger partial charge in [0.25, 0.3) is 0 Å². The number of rotatable bonds is 3. The molecule has 0 aliphatic carbocycles. The molecule has 0 unspecified atom stereocenters. The van der Waals surface area contributed by atoms with E-state index in [0.717, 1.165) is 15.6 Å². The molecule has 0 aliphatic rings. The molecule has 1 heterocycles. The highest BCUT2D eigenvalue weighted by Gasteiger charge is 2.07. The van der Waals surface area contributed by atoms with Gasteiger partial charge in [-0.05, 0) is 35.9 Å². The van der Waals surface area contributed by atoms with E-state index >= 15 is 0 Å². The summed E-state index contributed by atoms with van der Waals surface area (Å²) in [7, 11) is 1.88. The van der Waals surface area contributed by atoms with Crippen LogP contribution in [-0.2, 0) is 13.6 Å².